The van der Waals surface area contributed by atoms with E-state index in [1.54, 1.807) is 0 Å². The SMILES string of the molecule is CNCCC(=O)NCc1cccc(CN2CCOC(C)C2)c1.Cl.Cl. The number of hydrogen-bond acceptors (Lipinski definition) is 4. The van der Waals surface area contributed by atoms with Crippen LogP contribution in [-0.4, -0.2) is 50.2 Å². The molecule has 2 rings (SSSR count). The number of amides is 1. The van der Waals surface area contributed by atoms with Gasteiger partial charge in [-0.3, -0.25) is 9.69 Å². The van der Waals surface area contributed by atoms with Crippen molar-refractivity contribution in [3.63, 3.8) is 0 Å². The lowest BCUT2D eigenvalue weighted by Gasteiger charge is -2.31. The lowest BCUT2D eigenvalue weighted by atomic mass is 10.1. The Kier molecular flexibility index (Phi) is 12.1. The van der Waals surface area contributed by atoms with Crippen molar-refractivity contribution >= 4 is 30.7 Å². The lowest BCUT2D eigenvalue weighted by Crippen LogP contribution is -2.40. The molecule has 24 heavy (non-hydrogen) atoms. The number of carbonyl (C=O) groups excluding carboxylic acids is 1. The average Bonchev–Trinajstić information content (AvgIpc) is 2.51. The second-order valence-corrected chi connectivity index (χ2v) is 5.87. The summed E-state index contributed by atoms with van der Waals surface area (Å²) >= 11 is 0. The maximum Gasteiger partial charge on any atom is 0.221 e. The maximum absolute atomic E-state index is 11.6. The number of ether oxygens (including phenoxy) is 1. The van der Waals surface area contributed by atoms with Crippen molar-refractivity contribution in [1.82, 2.24) is 15.5 Å². The zero-order valence-corrected chi connectivity index (χ0v) is 16.0. The van der Waals surface area contributed by atoms with E-state index in [4.69, 9.17) is 4.74 Å². The standard InChI is InChI=1S/C17H27N3O2.2ClH/c1-14-12-20(8-9-22-14)13-16-5-3-4-15(10-16)11-19-17(21)6-7-18-2;;/h3-5,10,14,18H,6-9,11-13H2,1-2H3,(H,19,21);2*1H. The molecule has 1 unspecified atom stereocenters. The molecule has 1 fully saturated rings. The first-order valence-electron chi connectivity index (χ1n) is 8.00. The monoisotopic (exact) mass is 377 g/mol. The van der Waals surface area contributed by atoms with Crippen molar-refractivity contribution in [2.75, 3.05) is 33.3 Å². The van der Waals surface area contributed by atoms with Crippen molar-refractivity contribution in [1.29, 1.82) is 0 Å². The molecule has 138 valence electrons. The Bertz CT molecular complexity index is 489. The van der Waals surface area contributed by atoms with Gasteiger partial charge in [-0.05, 0) is 25.1 Å². The second-order valence-electron chi connectivity index (χ2n) is 5.87. The molecule has 1 atom stereocenters. The van der Waals surface area contributed by atoms with Crippen LogP contribution < -0.4 is 10.6 Å². The molecule has 0 aromatic heterocycles. The third kappa shape index (κ3) is 8.31. The van der Waals surface area contributed by atoms with E-state index in [1.807, 2.05) is 7.05 Å². The van der Waals surface area contributed by atoms with Gasteiger partial charge in [-0.15, -0.1) is 24.8 Å². The minimum atomic E-state index is 0. The number of nitrogens with zero attached hydrogens (tertiary/aromatic N) is 1. The molecule has 7 heteroatoms. The fraction of sp³-hybridized carbons (Fsp3) is 0.588. The Labute approximate surface area is 157 Å². The molecule has 1 heterocycles. The second kappa shape index (κ2) is 12.5. The third-order valence-corrected chi connectivity index (χ3v) is 3.81. The van der Waals surface area contributed by atoms with Crippen LogP contribution in [0, 0.1) is 0 Å². The summed E-state index contributed by atoms with van der Waals surface area (Å²) in [5.74, 6) is 0.0850. The van der Waals surface area contributed by atoms with Gasteiger partial charge in [-0.1, -0.05) is 24.3 Å². The number of nitrogens with one attached hydrogen (secondary N) is 2. The van der Waals surface area contributed by atoms with Crippen molar-refractivity contribution in [3.8, 4) is 0 Å². The van der Waals surface area contributed by atoms with Gasteiger partial charge in [0.25, 0.3) is 0 Å². The van der Waals surface area contributed by atoms with Gasteiger partial charge < -0.3 is 15.4 Å². The Balaban J connectivity index is 0.00000264. The summed E-state index contributed by atoms with van der Waals surface area (Å²) in [4.78, 5) is 14.1. The van der Waals surface area contributed by atoms with Crippen molar-refractivity contribution < 1.29 is 9.53 Å². The summed E-state index contributed by atoms with van der Waals surface area (Å²) in [5.41, 5.74) is 2.44. The molecule has 1 amide bonds. The highest BCUT2D eigenvalue weighted by atomic mass is 35.5. The molecule has 0 bridgehead atoms. The largest absolute Gasteiger partial charge is 0.376 e. The molecular weight excluding hydrogens is 349 g/mol. The molecule has 0 aliphatic carbocycles. The molecule has 1 aliphatic heterocycles. The molecule has 0 radical (unpaired) electrons. The zero-order valence-electron chi connectivity index (χ0n) is 14.4. The number of hydrogen-bond donors (Lipinski definition) is 2. The summed E-state index contributed by atoms with van der Waals surface area (Å²) in [7, 11) is 1.85. The van der Waals surface area contributed by atoms with E-state index in [-0.39, 0.29) is 30.7 Å². The van der Waals surface area contributed by atoms with Gasteiger partial charge in [0.05, 0.1) is 12.7 Å². The minimum absolute atomic E-state index is 0. The van der Waals surface area contributed by atoms with Crippen LogP contribution in [0.1, 0.15) is 24.5 Å². The topological polar surface area (TPSA) is 53.6 Å². The fourth-order valence-corrected chi connectivity index (χ4v) is 2.66. The van der Waals surface area contributed by atoms with Gasteiger partial charge in [-0.25, -0.2) is 0 Å². The summed E-state index contributed by atoms with van der Waals surface area (Å²) in [6.07, 6.45) is 0.824. The number of rotatable bonds is 7. The van der Waals surface area contributed by atoms with E-state index < -0.39 is 0 Å². The third-order valence-electron chi connectivity index (χ3n) is 3.81. The smallest absolute Gasteiger partial charge is 0.221 e. The van der Waals surface area contributed by atoms with Crippen LogP contribution in [0.25, 0.3) is 0 Å². The predicted molar refractivity (Wildman–Crippen MR) is 102 cm³/mol. The van der Waals surface area contributed by atoms with E-state index in [0.717, 1.165) is 31.8 Å². The summed E-state index contributed by atoms with van der Waals surface area (Å²) in [5, 5.41) is 5.94. The number of morpholine rings is 1. The van der Waals surface area contributed by atoms with Gasteiger partial charge in [0.2, 0.25) is 5.91 Å². The van der Waals surface area contributed by atoms with E-state index >= 15 is 0 Å². The van der Waals surface area contributed by atoms with Crippen molar-refractivity contribution in [3.05, 3.63) is 35.4 Å². The molecule has 0 spiro atoms. The number of halogens is 2. The summed E-state index contributed by atoms with van der Waals surface area (Å²) in [6.45, 7) is 7.12. The molecule has 5 nitrogen and oxygen atoms in total. The van der Waals surface area contributed by atoms with E-state index in [2.05, 4.69) is 46.7 Å². The normalized spacial score (nSPS) is 17.5. The highest BCUT2D eigenvalue weighted by Crippen LogP contribution is 2.12. The Hall–Kier alpha value is -0.850. The number of carbonyl (C=O) groups is 1. The van der Waals surface area contributed by atoms with Crippen LogP contribution in [0.15, 0.2) is 24.3 Å². The molecule has 2 N–H and O–H groups in total. The maximum atomic E-state index is 11.6. The number of benzene rings is 1. The highest BCUT2D eigenvalue weighted by molar-refractivity contribution is 5.85. The summed E-state index contributed by atoms with van der Waals surface area (Å²) < 4.78 is 5.57. The fourth-order valence-electron chi connectivity index (χ4n) is 2.66. The molecule has 0 saturated carbocycles. The molecular formula is C17H29Cl2N3O2. The molecule has 1 aromatic rings. The first kappa shape index (κ1) is 23.1. The molecule has 1 saturated heterocycles. The lowest BCUT2D eigenvalue weighted by molar-refractivity contribution is -0.121. The predicted octanol–water partition coefficient (Wildman–Crippen LogP) is 1.98. The van der Waals surface area contributed by atoms with Crippen LogP contribution in [-0.2, 0) is 22.6 Å². The van der Waals surface area contributed by atoms with Crippen LogP contribution in [0.3, 0.4) is 0 Å². The minimum Gasteiger partial charge on any atom is -0.376 e. The van der Waals surface area contributed by atoms with Crippen LogP contribution in [0.4, 0.5) is 0 Å². The van der Waals surface area contributed by atoms with Crippen molar-refractivity contribution in [2.45, 2.75) is 32.5 Å². The Morgan fingerprint density at radius 2 is 2.08 bits per heavy atom. The molecule has 1 aromatic carbocycles. The van der Waals surface area contributed by atoms with Gasteiger partial charge in [0, 0.05) is 39.1 Å². The highest BCUT2D eigenvalue weighted by Gasteiger charge is 2.16. The van der Waals surface area contributed by atoms with Gasteiger partial charge in [0.15, 0.2) is 0 Å². The van der Waals surface area contributed by atoms with E-state index in [9.17, 15) is 4.79 Å². The Morgan fingerprint density at radius 3 is 2.79 bits per heavy atom. The zero-order chi connectivity index (χ0) is 15.8. The van der Waals surface area contributed by atoms with E-state index in [0.29, 0.717) is 25.6 Å². The Morgan fingerprint density at radius 1 is 1.33 bits per heavy atom. The average molecular weight is 378 g/mol. The van der Waals surface area contributed by atoms with E-state index in [1.165, 1.54) is 5.56 Å². The first-order chi connectivity index (χ1) is 10.7. The van der Waals surface area contributed by atoms with Gasteiger partial charge in [-0.2, -0.15) is 0 Å². The quantitative estimate of drug-likeness (QED) is 0.762. The van der Waals surface area contributed by atoms with Crippen LogP contribution in [0.2, 0.25) is 0 Å². The van der Waals surface area contributed by atoms with Crippen LogP contribution in [0.5, 0.6) is 0 Å². The summed E-state index contributed by atoms with van der Waals surface area (Å²) in [6, 6.07) is 8.45. The van der Waals surface area contributed by atoms with Crippen LogP contribution >= 0.6 is 24.8 Å². The first-order valence-corrected chi connectivity index (χ1v) is 8.00. The van der Waals surface area contributed by atoms with Gasteiger partial charge >= 0.3 is 0 Å². The molecule has 1 aliphatic rings. The van der Waals surface area contributed by atoms with Gasteiger partial charge in [0.1, 0.15) is 0 Å². The van der Waals surface area contributed by atoms with Crippen molar-refractivity contribution in [2.24, 2.45) is 0 Å².